The number of aromatic nitrogens is 1. The lowest BCUT2D eigenvalue weighted by atomic mass is 9.89. The molecule has 0 fully saturated rings. The Balaban J connectivity index is 1.40. The van der Waals surface area contributed by atoms with Crippen molar-refractivity contribution < 1.29 is 23.5 Å². The number of nitrogens with one attached hydrogen (secondary N) is 2. The first kappa shape index (κ1) is 25.8. The third kappa shape index (κ3) is 6.68. The zero-order chi connectivity index (χ0) is 26.4. The van der Waals surface area contributed by atoms with Crippen LogP contribution in [-0.4, -0.2) is 24.1 Å². The van der Waals surface area contributed by atoms with Crippen molar-refractivity contribution in [1.29, 1.82) is 0 Å². The Kier molecular flexibility index (Phi) is 7.79. The number of rotatable bonds is 8. The number of amides is 2. The van der Waals surface area contributed by atoms with Crippen molar-refractivity contribution in [3.8, 4) is 22.8 Å². The Morgan fingerprint density at radius 2 is 1.73 bits per heavy atom. The number of esters is 1. The van der Waals surface area contributed by atoms with E-state index in [1.807, 2.05) is 30.3 Å². The number of anilines is 2. The van der Waals surface area contributed by atoms with E-state index in [0.717, 1.165) is 5.56 Å². The molecule has 0 aliphatic rings. The predicted molar refractivity (Wildman–Crippen MR) is 142 cm³/mol. The van der Waals surface area contributed by atoms with Gasteiger partial charge in [-0.2, -0.15) is 0 Å². The van der Waals surface area contributed by atoms with Gasteiger partial charge in [0, 0.05) is 28.8 Å². The molecule has 2 N–H and O–H groups in total. The fourth-order valence-corrected chi connectivity index (χ4v) is 3.72. The Bertz CT molecular complexity index is 1380. The summed E-state index contributed by atoms with van der Waals surface area (Å²) < 4.78 is 16.6. The van der Waals surface area contributed by atoms with Gasteiger partial charge in [-0.1, -0.05) is 29.8 Å². The average Bonchev–Trinajstić information content (AvgIpc) is 3.34. The second-order valence-corrected chi connectivity index (χ2v) is 9.32. The molecule has 8 nitrogen and oxygen atoms in total. The van der Waals surface area contributed by atoms with Crippen LogP contribution in [0.2, 0.25) is 5.02 Å². The Morgan fingerprint density at radius 1 is 1.00 bits per heavy atom. The lowest BCUT2D eigenvalue weighted by molar-refractivity contribution is -0.150. The number of nitrogens with zero attached hydrogens (tertiary/aromatic N) is 1. The molecule has 0 radical (unpaired) electrons. The van der Waals surface area contributed by atoms with Crippen LogP contribution in [-0.2, 0) is 16.0 Å². The molecule has 1 heterocycles. The molecule has 37 heavy (non-hydrogen) atoms. The third-order valence-corrected chi connectivity index (χ3v) is 5.71. The molecule has 2 amide bonds. The van der Waals surface area contributed by atoms with Crippen molar-refractivity contribution >= 4 is 35.0 Å². The molecule has 0 spiro atoms. The molecular weight excluding hydrogens is 494 g/mol. The highest BCUT2D eigenvalue weighted by molar-refractivity contribution is 6.30. The minimum atomic E-state index is -0.756. The highest BCUT2D eigenvalue weighted by Gasteiger charge is 2.31. The molecule has 4 aromatic rings. The van der Waals surface area contributed by atoms with Gasteiger partial charge < -0.3 is 24.5 Å². The van der Waals surface area contributed by atoms with Gasteiger partial charge >= 0.3 is 12.0 Å². The van der Waals surface area contributed by atoms with E-state index in [2.05, 4.69) is 15.6 Å². The fraction of sp³-hybridized carbons (Fsp3) is 0.179. The molecule has 0 unspecified atom stereocenters. The van der Waals surface area contributed by atoms with Crippen molar-refractivity contribution in [2.45, 2.75) is 20.3 Å². The maximum atomic E-state index is 12.7. The van der Waals surface area contributed by atoms with Gasteiger partial charge in [0.25, 0.3) is 0 Å². The largest absolute Gasteiger partial charge is 0.469 e. The standard InChI is InChI=1S/C28H26ClN3O5/c1-28(2,26(33)35-3)16-25-30-17-24(37-25)18-9-12-20(13-10-18)31-27(34)32-22-14-11-19(29)15-23(22)36-21-7-5-4-6-8-21/h4-15,17H,16H2,1-3H3,(H2,31,32,34). The molecule has 4 rings (SSSR count). The summed E-state index contributed by atoms with van der Waals surface area (Å²) in [5.41, 5.74) is 1.06. The highest BCUT2D eigenvalue weighted by atomic mass is 35.5. The van der Waals surface area contributed by atoms with Crippen LogP contribution in [0.3, 0.4) is 0 Å². The van der Waals surface area contributed by atoms with Gasteiger partial charge in [0.1, 0.15) is 5.75 Å². The summed E-state index contributed by atoms with van der Waals surface area (Å²) in [6.45, 7) is 3.55. The molecule has 0 bridgehead atoms. The van der Waals surface area contributed by atoms with Gasteiger partial charge in [-0.05, 0) is 62.4 Å². The van der Waals surface area contributed by atoms with Crippen LogP contribution in [0.1, 0.15) is 19.7 Å². The molecule has 1 aromatic heterocycles. The smallest absolute Gasteiger partial charge is 0.323 e. The Morgan fingerprint density at radius 3 is 2.43 bits per heavy atom. The van der Waals surface area contributed by atoms with E-state index < -0.39 is 11.4 Å². The van der Waals surface area contributed by atoms with Gasteiger partial charge in [-0.3, -0.25) is 4.79 Å². The zero-order valence-electron chi connectivity index (χ0n) is 20.6. The summed E-state index contributed by atoms with van der Waals surface area (Å²) in [5.74, 6) is 1.69. The average molecular weight is 520 g/mol. The number of carbonyl (C=O) groups is 2. The van der Waals surface area contributed by atoms with Crippen LogP contribution in [0, 0.1) is 5.41 Å². The Hall–Kier alpha value is -4.30. The van der Waals surface area contributed by atoms with Crippen LogP contribution in [0.4, 0.5) is 16.2 Å². The van der Waals surface area contributed by atoms with E-state index in [0.29, 0.717) is 46.0 Å². The van der Waals surface area contributed by atoms with E-state index in [9.17, 15) is 9.59 Å². The van der Waals surface area contributed by atoms with E-state index in [1.54, 1.807) is 62.5 Å². The minimum Gasteiger partial charge on any atom is -0.469 e. The number of oxazole rings is 1. The maximum Gasteiger partial charge on any atom is 0.323 e. The highest BCUT2D eigenvalue weighted by Crippen LogP contribution is 2.32. The molecule has 0 atom stereocenters. The number of para-hydroxylation sites is 1. The number of halogens is 1. The van der Waals surface area contributed by atoms with Crippen molar-refractivity contribution in [1.82, 2.24) is 4.98 Å². The monoisotopic (exact) mass is 519 g/mol. The molecule has 0 saturated heterocycles. The summed E-state index contributed by atoms with van der Waals surface area (Å²) in [5, 5.41) is 6.07. The van der Waals surface area contributed by atoms with Crippen LogP contribution < -0.4 is 15.4 Å². The van der Waals surface area contributed by atoms with E-state index in [1.165, 1.54) is 7.11 Å². The second-order valence-electron chi connectivity index (χ2n) is 8.88. The van der Waals surface area contributed by atoms with Gasteiger partial charge in [0.05, 0.1) is 24.4 Å². The summed E-state index contributed by atoms with van der Waals surface area (Å²) in [6, 6.07) is 20.8. The van der Waals surface area contributed by atoms with Crippen molar-refractivity contribution in [2.24, 2.45) is 5.41 Å². The minimum absolute atomic E-state index is 0.306. The van der Waals surface area contributed by atoms with Gasteiger partial charge in [0.2, 0.25) is 0 Å². The number of carbonyl (C=O) groups excluding carboxylic acids is 2. The predicted octanol–water partition coefficient (Wildman–Crippen LogP) is 7.17. The van der Waals surface area contributed by atoms with Gasteiger partial charge in [-0.25, -0.2) is 9.78 Å². The quantitative estimate of drug-likeness (QED) is 0.239. The first-order valence-electron chi connectivity index (χ1n) is 11.5. The summed E-state index contributed by atoms with van der Waals surface area (Å²) in [7, 11) is 1.35. The second kappa shape index (κ2) is 11.2. The lowest BCUT2D eigenvalue weighted by Gasteiger charge is -2.18. The topological polar surface area (TPSA) is 103 Å². The molecule has 9 heteroatoms. The normalized spacial score (nSPS) is 11.0. The van der Waals surface area contributed by atoms with Crippen LogP contribution in [0.5, 0.6) is 11.5 Å². The molecule has 0 aliphatic heterocycles. The van der Waals surface area contributed by atoms with Crippen LogP contribution >= 0.6 is 11.6 Å². The summed E-state index contributed by atoms with van der Waals surface area (Å²) >= 11 is 6.13. The van der Waals surface area contributed by atoms with Crippen molar-refractivity contribution in [2.75, 3.05) is 17.7 Å². The SMILES string of the molecule is COC(=O)C(C)(C)Cc1ncc(-c2ccc(NC(=O)Nc3ccc(Cl)cc3Oc3ccccc3)cc2)o1. The first-order valence-corrected chi connectivity index (χ1v) is 11.9. The summed E-state index contributed by atoms with van der Waals surface area (Å²) in [6.07, 6.45) is 1.91. The number of benzene rings is 3. The fourth-order valence-electron chi connectivity index (χ4n) is 3.55. The van der Waals surface area contributed by atoms with E-state index in [4.69, 9.17) is 25.5 Å². The van der Waals surface area contributed by atoms with Crippen LogP contribution in [0.25, 0.3) is 11.3 Å². The number of ether oxygens (including phenoxy) is 2. The molecule has 0 saturated carbocycles. The summed E-state index contributed by atoms with van der Waals surface area (Å²) in [4.78, 5) is 28.9. The van der Waals surface area contributed by atoms with Crippen molar-refractivity contribution in [3.05, 3.63) is 89.9 Å². The number of hydrogen-bond acceptors (Lipinski definition) is 6. The third-order valence-electron chi connectivity index (χ3n) is 5.47. The zero-order valence-corrected chi connectivity index (χ0v) is 21.3. The van der Waals surface area contributed by atoms with Gasteiger partial charge in [-0.15, -0.1) is 0 Å². The van der Waals surface area contributed by atoms with Crippen molar-refractivity contribution in [3.63, 3.8) is 0 Å². The number of methoxy groups -OCH3 is 1. The molecule has 3 aromatic carbocycles. The van der Waals surface area contributed by atoms with E-state index >= 15 is 0 Å². The molecule has 0 aliphatic carbocycles. The van der Waals surface area contributed by atoms with E-state index in [-0.39, 0.29) is 5.97 Å². The van der Waals surface area contributed by atoms with Gasteiger partial charge in [0.15, 0.2) is 17.4 Å². The Labute approximate surface area is 219 Å². The molecule has 190 valence electrons. The van der Waals surface area contributed by atoms with Crippen LogP contribution in [0.15, 0.2) is 83.4 Å². The molecular formula is C28H26ClN3O5. The number of urea groups is 1. The number of hydrogen-bond donors (Lipinski definition) is 2. The lowest BCUT2D eigenvalue weighted by Crippen LogP contribution is -2.28. The first-order chi connectivity index (χ1) is 17.7. The maximum absolute atomic E-state index is 12.7.